The highest BCUT2D eigenvalue weighted by atomic mass is 32.1. The molecule has 19 heavy (non-hydrogen) atoms. The van der Waals surface area contributed by atoms with Crippen molar-refractivity contribution in [2.75, 3.05) is 58.5 Å². The summed E-state index contributed by atoms with van der Waals surface area (Å²) in [4.78, 5) is 16.4. The van der Waals surface area contributed by atoms with Gasteiger partial charge in [0.05, 0.1) is 5.69 Å². The summed E-state index contributed by atoms with van der Waals surface area (Å²) in [7, 11) is 5.58. The molecule has 106 valence electrons. The van der Waals surface area contributed by atoms with E-state index in [1.54, 1.807) is 19.0 Å². The molecule has 3 N–H and O–H groups in total. The van der Waals surface area contributed by atoms with E-state index in [0.29, 0.717) is 10.6 Å². The molecule has 0 aliphatic carbocycles. The summed E-state index contributed by atoms with van der Waals surface area (Å²) in [5, 5.41) is 3.09. The largest absolute Gasteiger partial charge is 0.397 e. The number of anilines is 2. The molecule has 1 aliphatic rings. The maximum Gasteiger partial charge on any atom is 0.265 e. The first-order chi connectivity index (χ1) is 8.97. The van der Waals surface area contributed by atoms with E-state index >= 15 is 0 Å². The Morgan fingerprint density at radius 3 is 2.58 bits per heavy atom. The Hall–Kier alpha value is -1.31. The maximum atomic E-state index is 11.9. The molecular weight excluding hydrogens is 262 g/mol. The van der Waals surface area contributed by atoms with Crippen LogP contribution in [0.3, 0.4) is 0 Å². The first-order valence-corrected chi connectivity index (χ1v) is 7.10. The molecule has 0 atom stereocenters. The second-order valence-corrected chi connectivity index (χ2v) is 6.05. The van der Waals surface area contributed by atoms with Gasteiger partial charge in [-0.1, -0.05) is 0 Å². The molecule has 0 saturated carbocycles. The van der Waals surface area contributed by atoms with Crippen molar-refractivity contribution < 1.29 is 4.79 Å². The fourth-order valence-electron chi connectivity index (χ4n) is 1.90. The van der Waals surface area contributed by atoms with E-state index in [-0.39, 0.29) is 5.91 Å². The zero-order valence-electron chi connectivity index (χ0n) is 11.6. The number of likely N-dealkylation sites (N-methyl/N-ethyl adjacent to an activating group) is 1. The van der Waals surface area contributed by atoms with Crippen LogP contribution >= 0.6 is 11.3 Å². The molecule has 0 radical (unpaired) electrons. The van der Waals surface area contributed by atoms with Crippen molar-refractivity contribution in [3.05, 3.63) is 10.9 Å². The third-order valence-corrected chi connectivity index (χ3v) is 4.18. The Morgan fingerprint density at radius 2 is 2.00 bits per heavy atom. The predicted molar refractivity (Wildman–Crippen MR) is 79.4 cm³/mol. The van der Waals surface area contributed by atoms with Crippen molar-refractivity contribution in [1.29, 1.82) is 0 Å². The molecule has 1 aromatic rings. The van der Waals surface area contributed by atoms with Gasteiger partial charge in [-0.05, 0) is 13.1 Å². The Bertz CT molecular complexity index is 451. The lowest BCUT2D eigenvalue weighted by atomic mass is 10.3. The molecule has 6 nitrogen and oxygen atoms in total. The predicted octanol–water partition coefficient (Wildman–Crippen LogP) is 0.606. The summed E-state index contributed by atoms with van der Waals surface area (Å²) in [6.45, 7) is 4.01. The number of nitrogens with zero attached hydrogens (tertiary/aromatic N) is 3. The van der Waals surface area contributed by atoms with Gasteiger partial charge in [-0.3, -0.25) is 4.79 Å². The van der Waals surface area contributed by atoms with Crippen molar-refractivity contribution in [3.8, 4) is 0 Å². The lowest BCUT2D eigenvalue weighted by Gasteiger charge is -2.32. The zero-order chi connectivity index (χ0) is 14.0. The van der Waals surface area contributed by atoms with Crippen molar-refractivity contribution in [2.24, 2.45) is 0 Å². The molecular formula is C12H21N5OS. The molecule has 0 unspecified atom stereocenters. The van der Waals surface area contributed by atoms with Crippen LogP contribution in [0.15, 0.2) is 6.07 Å². The molecule has 1 saturated heterocycles. The molecule has 1 aromatic heterocycles. The highest BCUT2D eigenvalue weighted by Crippen LogP contribution is 2.30. The monoisotopic (exact) mass is 283 g/mol. The van der Waals surface area contributed by atoms with Crippen molar-refractivity contribution >= 4 is 27.9 Å². The first kappa shape index (κ1) is 14.1. The van der Waals surface area contributed by atoms with Crippen LogP contribution in [0, 0.1) is 0 Å². The van der Waals surface area contributed by atoms with E-state index in [0.717, 1.165) is 31.2 Å². The number of nitrogens with one attached hydrogen (secondary N) is 1. The zero-order valence-corrected chi connectivity index (χ0v) is 12.5. The highest BCUT2D eigenvalue weighted by Gasteiger charge is 2.18. The molecule has 0 bridgehead atoms. The number of hydrogen-bond donors (Lipinski definition) is 2. The SMILES string of the molecule is CN1CCN(Nc2cc(N)c(C(=O)N(C)C)s2)CC1. The molecule has 1 aliphatic heterocycles. The van der Waals surface area contributed by atoms with Crippen LogP contribution in [0.4, 0.5) is 10.7 Å². The molecule has 1 amide bonds. The van der Waals surface area contributed by atoms with Gasteiger partial charge in [0.25, 0.3) is 5.91 Å². The minimum atomic E-state index is -0.0473. The Kier molecular flexibility index (Phi) is 4.28. The number of rotatable bonds is 3. The van der Waals surface area contributed by atoms with Gasteiger partial charge >= 0.3 is 0 Å². The number of nitrogen functional groups attached to an aromatic ring is 1. The van der Waals surface area contributed by atoms with E-state index in [9.17, 15) is 4.79 Å². The average Bonchev–Trinajstić information content (AvgIpc) is 2.72. The molecule has 0 spiro atoms. The van der Waals surface area contributed by atoms with E-state index in [2.05, 4.69) is 22.4 Å². The quantitative estimate of drug-likeness (QED) is 0.851. The minimum Gasteiger partial charge on any atom is -0.397 e. The van der Waals surface area contributed by atoms with Gasteiger partial charge in [0.15, 0.2) is 0 Å². The van der Waals surface area contributed by atoms with Crippen LogP contribution in [0.2, 0.25) is 0 Å². The Morgan fingerprint density at radius 1 is 1.37 bits per heavy atom. The van der Waals surface area contributed by atoms with E-state index in [4.69, 9.17) is 5.73 Å². The third-order valence-electron chi connectivity index (χ3n) is 3.13. The Balaban J connectivity index is 2.02. The molecule has 2 rings (SSSR count). The minimum absolute atomic E-state index is 0.0473. The lowest BCUT2D eigenvalue weighted by Crippen LogP contribution is -2.46. The summed E-state index contributed by atoms with van der Waals surface area (Å²) in [5.74, 6) is -0.0473. The van der Waals surface area contributed by atoms with Gasteiger partial charge < -0.3 is 21.0 Å². The molecule has 2 heterocycles. The summed E-state index contributed by atoms with van der Waals surface area (Å²) in [6.07, 6.45) is 0. The number of thiophene rings is 1. The fourth-order valence-corrected chi connectivity index (χ4v) is 2.93. The topological polar surface area (TPSA) is 64.8 Å². The summed E-state index contributed by atoms with van der Waals surface area (Å²) < 4.78 is 0. The lowest BCUT2D eigenvalue weighted by molar-refractivity contribution is 0.0833. The third kappa shape index (κ3) is 3.37. The van der Waals surface area contributed by atoms with Crippen LogP contribution < -0.4 is 11.2 Å². The number of hydrogen-bond acceptors (Lipinski definition) is 6. The van der Waals surface area contributed by atoms with Gasteiger partial charge in [0.1, 0.15) is 9.88 Å². The van der Waals surface area contributed by atoms with Gasteiger partial charge in [-0.15, -0.1) is 11.3 Å². The maximum absolute atomic E-state index is 11.9. The molecule has 7 heteroatoms. The average molecular weight is 283 g/mol. The molecule has 1 fully saturated rings. The van der Waals surface area contributed by atoms with Crippen LogP contribution in [0.25, 0.3) is 0 Å². The van der Waals surface area contributed by atoms with E-state index in [1.165, 1.54) is 11.3 Å². The number of hydrazine groups is 1. The summed E-state index contributed by atoms with van der Waals surface area (Å²) >= 11 is 1.41. The van der Waals surface area contributed by atoms with Crippen molar-refractivity contribution in [3.63, 3.8) is 0 Å². The van der Waals surface area contributed by atoms with Gasteiger partial charge in [-0.25, -0.2) is 5.01 Å². The number of carbonyl (C=O) groups excluding carboxylic acids is 1. The molecule has 0 aromatic carbocycles. The fraction of sp³-hybridized carbons (Fsp3) is 0.583. The smallest absolute Gasteiger partial charge is 0.265 e. The second-order valence-electron chi connectivity index (χ2n) is 5.00. The summed E-state index contributed by atoms with van der Waals surface area (Å²) in [5.41, 5.74) is 9.78. The second kappa shape index (κ2) is 5.77. The number of piperazine rings is 1. The van der Waals surface area contributed by atoms with Crippen LogP contribution in [0.5, 0.6) is 0 Å². The van der Waals surface area contributed by atoms with E-state index < -0.39 is 0 Å². The summed E-state index contributed by atoms with van der Waals surface area (Å²) in [6, 6.07) is 1.83. The van der Waals surface area contributed by atoms with Crippen molar-refractivity contribution in [2.45, 2.75) is 0 Å². The number of amides is 1. The van der Waals surface area contributed by atoms with Crippen LogP contribution in [-0.4, -0.2) is 68.0 Å². The Labute approximate surface area is 117 Å². The normalized spacial score (nSPS) is 17.4. The van der Waals surface area contributed by atoms with E-state index in [1.807, 2.05) is 6.07 Å². The van der Waals surface area contributed by atoms with Crippen LogP contribution in [0.1, 0.15) is 9.67 Å². The highest BCUT2D eigenvalue weighted by molar-refractivity contribution is 7.18. The number of nitrogens with two attached hydrogens (primary N) is 1. The first-order valence-electron chi connectivity index (χ1n) is 6.28. The van der Waals surface area contributed by atoms with Crippen LogP contribution in [-0.2, 0) is 0 Å². The van der Waals surface area contributed by atoms with Gasteiger partial charge in [-0.2, -0.15) is 0 Å². The van der Waals surface area contributed by atoms with Crippen molar-refractivity contribution in [1.82, 2.24) is 14.8 Å². The standard InChI is InChI=1S/C12H21N5OS/c1-15(2)12(18)11-9(13)8-10(19-11)14-17-6-4-16(3)5-7-17/h8,14H,4-7,13H2,1-3H3. The number of carbonyl (C=O) groups is 1. The van der Waals surface area contributed by atoms with Gasteiger partial charge in [0.2, 0.25) is 0 Å². The van der Waals surface area contributed by atoms with Gasteiger partial charge in [0, 0.05) is 40.3 Å².